The van der Waals surface area contributed by atoms with Gasteiger partial charge in [0.05, 0.1) is 25.3 Å². The fraction of sp³-hybridized carbons (Fsp3) is 0.357. The minimum absolute atomic E-state index is 0.0343. The highest BCUT2D eigenvalue weighted by Crippen LogP contribution is 2.33. The Morgan fingerprint density at radius 2 is 1.83 bits per heavy atom. The van der Waals surface area contributed by atoms with Crippen LogP contribution in [-0.4, -0.2) is 24.8 Å². The zero-order valence-electron chi connectivity index (χ0n) is 10.0. The molecule has 0 aromatic heterocycles. The van der Waals surface area contributed by atoms with E-state index in [2.05, 4.69) is 5.32 Å². The standard InChI is InChI=1S/C14H15NO3/c16-13-10-14(17-8-9-18-14)7-6-12(13)15-11-4-2-1-3-5-11/h1-6,15H,7-10H2. The zero-order chi connectivity index (χ0) is 12.4. The smallest absolute Gasteiger partial charge is 0.184 e. The van der Waals surface area contributed by atoms with E-state index in [1.807, 2.05) is 36.4 Å². The molecule has 1 heterocycles. The highest BCUT2D eigenvalue weighted by atomic mass is 16.7. The van der Waals surface area contributed by atoms with Gasteiger partial charge in [-0.2, -0.15) is 0 Å². The predicted molar refractivity (Wildman–Crippen MR) is 67.0 cm³/mol. The average molecular weight is 245 g/mol. The first-order chi connectivity index (χ1) is 8.77. The van der Waals surface area contributed by atoms with Crippen LogP contribution in [0.5, 0.6) is 0 Å². The van der Waals surface area contributed by atoms with Gasteiger partial charge in [-0.05, 0) is 12.1 Å². The maximum Gasteiger partial charge on any atom is 0.184 e. The number of benzene rings is 1. The number of ether oxygens (including phenoxy) is 2. The van der Waals surface area contributed by atoms with E-state index in [1.54, 1.807) is 0 Å². The maximum absolute atomic E-state index is 12.1. The van der Waals surface area contributed by atoms with Gasteiger partial charge in [-0.25, -0.2) is 0 Å². The van der Waals surface area contributed by atoms with Crippen molar-refractivity contribution in [2.24, 2.45) is 0 Å². The van der Waals surface area contributed by atoms with Crippen molar-refractivity contribution in [3.8, 4) is 0 Å². The molecule has 0 radical (unpaired) electrons. The van der Waals surface area contributed by atoms with E-state index in [0.29, 0.717) is 31.8 Å². The zero-order valence-corrected chi connectivity index (χ0v) is 10.0. The Balaban J connectivity index is 1.74. The number of para-hydroxylation sites is 1. The molecule has 0 amide bonds. The monoisotopic (exact) mass is 245 g/mol. The Hall–Kier alpha value is -1.65. The largest absolute Gasteiger partial charge is 0.353 e. The average Bonchev–Trinajstić information content (AvgIpc) is 2.83. The van der Waals surface area contributed by atoms with E-state index in [4.69, 9.17) is 9.47 Å². The lowest BCUT2D eigenvalue weighted by Gasteiger charge is -2.29. The Morgan fingerprint density at radius 3 is 2.50 bits per heavy atom. The molecule has 2 aliphatic rings. The minimum Gasteiger partial charge on any atom is -0.353 e. The van der Waals surface area contributed by atoms with Crippen LogP contribution in [0.2, 0.25) is 0 Å². The maximum atomic E-state index is 12.1. The number of carbonyl (C=O) groups is 1. The third kappa shape index (κ3) is 2.17. The first-order valence-electron chi connectivity index (χ1n) is 6.11. The molecule has 4 heteroatoms. The SMILES string of the molecule is O=C1CC2(CC=C1Nc1ccccc1)OCCO2. The fourth-order valence-corrected chi connectivity index (χ4v) is 2.30. The van der Waals surface area contributed by atoms with Gasteiger partial charge < -0.3 is 14.8 Å². The number of hydrogen-bond acceptors (Lipinski definition) is 4. The number of allylic oxidation sites excluding steroid dienone is 1. The van der Waals surface area contributed by atoms with E-state index >= 15 is 0 Å². The molecule has 1 fully saturated rings. The van der Waals surface area contributed by atoms with Crippen molar-refractivity contribution in [3.63, 3.8) is 0 Å². The number of hydrogen-bond donors (Lipinski definition) is 1. The summed E-state index contributed by atoms with van der Waals surface area (Å²) >= 11 is 0. The number of carbonyl (C=O) groups excluding carboxylic acids is 1. The van der Waals surface area contributed by atoms with Crippen molar-refractivity contribution < 1.29 is 14.3 Å². The quantitative estimate of drug-likeness (QED) is 0.866. The van der Waals surface area contributed by atoms with Gasteiger partial charge in [0.25, 0.3) is 0 Å². The molecule has 18 heavy (non-hydrogen) atoms. The summed E-state index contributed by atoms with van der Waals surface area (Å²) in [7, 11) is 0. The highest BCUT2D eigenvalue weighted by molar-refractivity contribution is 5.99. The third-order valence-corrected chi connectivity index (χ3v) is 3.21. The molecule has 1 N–H and O–H groups in total. The van der Waals surface area contributed by atoms with E-state index in [1.165, 1.54) is 0 Å². The molecule has 4 nitrogen and oxygen atoms in total. The Bertz CT molecular complexity index is 475. The van der Waals surface area contributed by atoms with Crippen LogP contribution in [0.25, 0.3) is 0 Å². The van der Waals surface area contributed by atoms with Gasteiger partial charge in [0.2, 0.25) is 0 Å². The molecule has 0 atom stereocenters. The van der Waals surface area contributed by atoms with Crippen LogP contribution in [0.1, 0.15) is 12.8 Å². The van der Waals surface area contributed by atoms with Crippen molar-refractivity contribution in [3.05, 3.63) is 42.1 Å². The van der Waals surface area contributed by atoms with Crippen LogP contribution < -0.4 is 5.32 Å². The van der Waals surface area contributed by atoms with E-state index < -0.39 is 5.79 Å². The van der Waals surface area contributed by atoms with E-state index in [-0.39, 0.29) is 5.78 Å². The number of anilines is 1. The first kappa shape index (κ1) is 11.4. The molecule has 0 bridgehead atoms. The molecule has 1 aliphatic carbocycles. The molecular weight excluding hydrogens is 230 g/mol. The van der Waals surface area contributed by atoms with Crippen molar-refractivity contribution >= 4 is 11.5 Å². The van der Waals surface area contributed by atoms with E-state index in [0.717, 1.165) is 5.69 Å². The van der Waals surface area contributed by atoms with Crippen LogP contribution in [0.4, 0.5) is 5.69 Å². The molecule has 1 spiro atoms. The topological polar surface area (TPSA) is 47.6 Å². The summed E-state index contributed by atoms with van der Waals surface area (Å²) in [4.78, 5) is 12.1. The lowest BCUT2D eigenvalue weighted by Crippen LogP contribution is -2.37. The van der Waals surface area contributed by atoms with Crippen molar-refractivity contribution in [1.29, 1.82) is 0 Å². The van der Waals surface area contributed by atoms with Crippen molar-refractivity contribution in [2.45, 2.75) is 18.6 Å². The summed E-state index contributed by atoms with van der Waals surface area (Å²) in [6.45, 7) is 1.14. The molecule has 94 valence electrons. The fourth-order valence-electron chi connectivity index (χ4n) is 2.30. The second-order valence-corrected chi connectivity index (χ2v) is 4.52. The van der Waals surface area contributed by atoms with Gasteiger partial charge in [-0.3, -0.25) is 4.79 Å². The summed E-state index contributed by atoms with van der Waals surface area (Å²) in [5.74, 6) is -0.661. The highest BCUT2D eigenvalue weighted by Gasteiger charge is 2.41. The van der Waals surface area contributed by atoms with Crippen LogP contribution >= 0.6 is 0 Å². The molecule has 3 rings (SSSR count). The molecule has 1 aliphatic heterocycles. The molecule has 1 saturated heterocycles. The molecule has 1 aromatic rings. The first-order valence-corrected chi connectivity index (χ1v) is 6.11. The van der Waals surface area contributed by atoms with Crippen LogP contribution in [-0.2, 0) is 14.3 Å². The molecule has 0 unspecified atom stereocenters. The van der Waals surface area contributed by atoms with Crippen molar-refractivity contribution in [1.82, 2.24) is 0 Å². The van der Waals surface area contributed by atoms with Crippen LogP contribution in [0.3, 0.4) is 0 Å². The number of nitrogens with one attached hydrogen (secondary N) is 1. The summed E-state index contributed by atoms with van der Waals surface area (Å²) in [5, 5.41) is 3.14. The summed E-state index contributed by atoms with van der Waals surface area (Å²) in [5.41, 5.74) is 1.55. The normalized spacial score (nSPS) is 22.0. The Kier molecular flexibility index (Phi) is 2.89. The van der Waals surface area contributed by atoms with Gasteiger partial charge in [0, 0.05) is 12.1 Å². The van der Waals surface area contributed by atoms with Gasteiger partial charge in [0.15, 0.2) is 11.6 Å². The van der Waals surface area contributed by atoms with Gasteiger partial charge in [-0.1, -0.05) is 24.3 Å². The lowest BCUT2D eigenvalue weighted by atomic mass is 9.96. The summed E-state index contributed by atoms with van der Waals surface area (Å²) in [6, 6.07) is 9.67. The van der Waals surface area contributed by atoms with E-state index in [9.17, 15) is 4.79 Å². The Labute approximate surface area is 106 Å². The number of rotatable bonds is 2. The summed E-state index contributed by atoms with van der Waals surface area (Å²) < 4.78 is 11.1. The van der Waals surface area contributed by atoms with Gasteiger partial charge in [-0.15, -0.1) is 0 Å². The van der Waals surface area contributed by atoms with Gasteiger partial charge >= 0.3 is 0 Å². The second-order valence-electron chi connectivity index (χ2n) is 4.52. The number of ketones is 1. The molecule has 1 aromatic carbocycles. The lowest BCUT2D eigenvalue weighted by molar-refractivity contribution is -0.167. The van der Waals surface area contributed by atoms with Crippen LogP contribution in [0.15, 0.2) is 42.1 Å². The van der Waals surface area contributed by atoms with Crippen LogP contribution in [0, 0.1) is 0 Å². The molecular formula is C14H15NO3. The van der Waals surface area contributed by atoms with Gasteiger partial charge in [0.1, 0.15) is 0 Å². The second kappa shape index (κ2) is 4.55. The molecule has 0 saturated carbocycles. The van der Waals surface area contributed by atoms with Crippen molar-refractivity contribution in [2.75, 3.05) is 18.5 Å². The third-order valence-electron chi connectivity index (χ3n) is 3.21. The Morgan fingerprint density at radius 1 is 1.11 bits per heavy atom. The number of Topliss-reactive ketones (excluding diaryl/α,β-unsaturated/α-hetero) is 1. The minimum atomic E-state index is -0.695. The summed E-state index contributed by atoms with van der Waals surface area (Å²) in [6.07, 6.45) is 2.77. The predicted octanol–water partition coefficient (Wildman–Crippen LogP) is 2.09.